The van der Waals surface area contributed by atoms with E-state index < -0.39 is 0 Å². The third-order valence-corrected chi connectivity index (χ3v) is 4.77. The number of halogens is 1. The Morgan fingerprint density at radius 1 is 1.29 bits per heavy atom. The highest BCUT2D eigenvalue weighted by Crippen LogP contribution is 2.25. The van der Waals surface area contributed by atoms with Crippen LogP contribution in [0, 0.1) is 0 Å². The molecule has 1 saturated heterocycles. The van der Waals surface area contributed by atoms with Crippen LogP contribution in [0.3, 0.4) is 0 Å². The smallest absolute Gasteiger partial charge is 0.193 e. The van der Waals surface area contributed by atoms with E-state index in [4.69, 9.17) is 9.47 Å². The predicted molar refractivity (Wildman–Crippen MR) is 120 cm³/mol. The number of rotatable bonds is 6. The van der Waals surface area contributed by atoms with Gasteiger partial charge in [0, 0.05) is 26.1 Å². The summed E-state index contributed by atoms with van der Waals surface area (Å²) in [5.41, 5.74) is 0. The van der Waals surface area contributed by atoms with Gasteiger partial charge in [-0.2, -0.15) is 5.10 Å². The van der Waals surface area contributed by atoms with E-state index in [1.165, 1.54) is 0 Å². The van der Waals surface area contributed by atoms with Crippen LogP contribution in [-0.2, 0) is 0 Å². The maximum atomic E-state index is 5.95. The second kappa shape index (κ2) is 11.1. The number of guanidine groups is 1. The van der Waals surface area contributed by atoms with Crippen LogP contribution in [0.1, 0.15) is 31.5 Å². The lowest BCUT2D eigenvalue weighted by Gasteiger charge is -2.33. The van der Waals surface area contributed by atoms with Gasteiger partial charge in [0.05, 0.1) is 13.7 Å². The quantitative estimate of drug-likeness (QED) is 0.361. The van der Waals surface area contributed by atoms with Crippen LogP contribution >= 0.6 is 24.0 Å². The number of ether oxygens (including phenoxy) is 2. The van der Waals surface area contributed by atoms with Crippen molar-refractivity contribution in [1.29, 1.82) is 0 Å². The van der Waals surface area contributed by atoms with Gasteiger partial charge in [-0.1, -0.05) is 0 Å². The first-order chi connectivity index (χ1) is 13.2. The average molecular weight is 500 g/mol. The highest BCUT2D eigenvalue weighted by atomic mass is 127. The number of aromatic amines is 1. The van der Waals surface area contributed by atoms with Gasteiger partial charge in [0.1, 0.15) is 29.8 Å². The number of hydrogen-bond acceptors (Lipinski definition) is 5. The summed E-state index contributed by atoms with van der Waals surface area (Å²) in [5.74, 6) is 3.99. The van der Waals surface area contributed by atoms with Gasteiger partial charge in [-0.15, -0.1) is 24.0 Å². The molecule has 2 heterocycles. The first kappa shape index (κ1) is 22.3. The molecule has 0 radical (unpaired) electrons. The highest BCUT2D eigenvalue weighted by Gasteiger charge is 2.24. The van der Waals surface area contributed by atoms with Crippen molar-refractivity contribution in [3.05, 3.63) is 36.4 Å². The number of benzene rings is 1. The molecule has 1 aliphatic rings. The van der Waals surface area contributed by atoms with Crippen LogP contribution in [-0.4, -0.2) is 65.9 Å². The van der Waals surface area contributed by atoms with Crippen molar-refractivity contribution >= 4 is 29.9 Å². The largest absolute Gasteiger partial charge is 0.497 e. The molecule has 2 aromatic rings. The van der Waals surface area contributed by atoms with Gasteiger partial charge in [0.2, 0.25) is 0 Å². The first-order valence-corrected chi connectivity index (χ1v) is 9.31. The lowest BCUT2D eigenvalue weighted by molar-refractivity contribution is 0.220. The minimum atomic E-state index is 0. The molecule has 154 valence electrons. The first-order valence-electron chi connectivity index (χ1n) is 9.31. The maximum Gasteiger partial charge on any atom is 0.193 e. The summed E-state index contributed by atoms with van der Waals surface area (Å²) in [6.45, 7) is 4.61. The van der Waals surface area contributed by atoms with Crippen LogP contribution < -0.4 is 14.8 Å². The van der Waals surface area contributed by atoms with Crippen molar-refractivity contribution in [2.24, 2.45) is 4.99 Å². The molecule has 1 aliphatic heterocycles. The molecule has 0 aliphatic carbocycles. The van der Waals surface area contributed by atoms with E-state index in [9.17, 15) is 0 Å². The van der Waals surface area contributed by atoms with Gasteiger partial charge >= 0.3 is 0 Å². The van der Waals surface area contributed by atoms with Crippen molar-refractivity contribution < 1.29 is 9.47 Å². The van der Waals surface area contributed by atoms with Gasteiger partial charge in [-0.3, -0.25) is 10.1 Å². The van der Waals surface area contributed by atoms with Crippen molar-refractivity contribution in [2.75, 3.05) is 33.8 Å². The molecule has 1 aromatic carbocycles. The molecule has 0 spiro atoms. The molecule has 1 unspecified atom stereocenters. The molecule has 8 nitrogen and oxygen atoms in total. The number of likely N-dealkylation sites (tertiary alicyclic amines) is 1. The Hall–Kier alpha value is -2.04. The lowest BCUT2D eigenvalue weighted by Crippen LogP contribution is -2.47. The number of nitrogens with one attached hydrogen (secondary N) is 2. The minimum Gasteiger partial charge on any atom is -0.497 e. The number of H-pyrrole nitrogens is 1. The van der Waals surface area contributed by atoms with E-state index in [1.54, 1.807) is 13.4 Å². The molecule has 1 atom stereocenters. The Morgan fingerprint density at radius 3 is 2.54 bits per heavy atom. The molecule has 2 N–H and O–H groups in total. The molecule has 28 heavy (non-hydrogen) atoms. The maximum absolute atomic E-state index is 5.95. The topological polar surface area (TPSA) is 87.7 Å². The number of nitrogens with zero attached hydrogens (tertiary/aromatic N) is 4. The summed E-state index contributed by atoms with van der Waals surface area (Å²) in [6.07, 6.45) is 3.66. The lowest BCUT2D eigenvalue weighted by atomic mass is 9.96. The monoisotopic (exact) mass is 500 g/mol. The summed E-state index contributed by atoms with van der Waals surface area (Å²) in [4.78, 5) is 11.0. The van der Waals surface area contributed by atoms with Gasteiger partial charge in [0.25, 0.3) is 0 Å². The highest BCUT2D eigenvalue weighted by molar-refractivity contribution is 14.0. The third kappa shape index (κ3) is 5.98. The fourth-order valence-corrected chi connectivity index (χ4v) is 3.27. The Labute approximate surface area is 183 Å². The molecular weight excluding hydrogens is 471 g/mol. The Kier molecular flexibility index (Phi) is 8.81. The molecule has 0 saturated carbocycles. The van der Waals surface area contributed by atoms with Crippen LogP contribution in [0.2, 0.25) is 0 Å². The second-order valence-corrected chi connectivity index (χ2v) is 6.66. The molecule has 0 bridgehead atoms. The standard InChI is InChI=1S/C19H28N6O2.HI/c1-14(27-17-6-4-16(26-3)5-7-17)12-21-19(20-2)25-10-8-15(9-11-25)18-22-13-23-24-18;/h4-7,13-15H,8-12H2,1-3H3,(H,20,21)(H,22,23,24);1H. The van der Waals surface area contributed by atoms with E-state index in [-0.39, 0.29) is 30.1 Å². The summed E-state index contributed by atoms with van der Waals surface area (Å²) in [5, 5.41) is 10.4. The summed E-state index contributed by atoms with van der Waals surface area (Å²) >= 11 is 0. The SMILES string of the molecule is CN=C(NCC(C)Oc1ccc(OC)cc1)N1CCC(c2ncn[nH]2)CC1.I. The van der Waals surface area contributed by atoms with Gasteiger partial charge in [-0.25, -0.2) is 4.98 Å². The Bertz CT molecular complexity index is 715. The molecule has 3 rings (SSSR count). The average Bonchev–Trinajstić information content (AvgIpc) is 3.24. The molecule has 1 fully saturated rings. The normalized spacial score (nSPS) is 16.2. The van der Waals surface area contributed by atoms with Crippen molar-refractivity contribution in [2.45, 2.75) is 31.8 Å². The Morgan fingerprint density at radius 2 is 1.96 bits per heavy atom. The Balaban J connectivity index is 0.00000280. The van der Waals surface area contributed by atoms with Crippen LogP contribution in [0.15, 0.2) is 35.6 Å². The zero-order valence-electron chi connectivity index (χ0n) is 16.6. The van der Waals surface area contributed by atoms with E-state index >= 15 is 0 Å². The van der Waals surface area contributed by atoms with E-state index in [2.05, 4.69) is 30.4 Å². The zero-order chi connectivity index (χ0) is 19.1. The van der Waals surface area contributed by atoms with Gasteiger partial charge in [0.15, 0.2) is 5.96 Å². The van der Waals surface area contributed by atoms with Crippen LogP contribution in [0.4, 0.5) is 0 Å². The summed E-state index contributed by atoms with van der Waals surface area (Å²) in [7, 11) is 3.47. The molecule has 0 amide bonds. The molecule has 9 heteroatoms. The molecular formula is C19H29IN6O2. The fraction of sp³-hybridized carbons (Fsp3) is 0.526. The number of aliphatic imine (C=N–C) groups is 1. The molecule has 1 aromatic heterocycles. The number of hydrogen-bond donors (Lipinski definition) is 2. The van der Waals surface area contributed by atoms with Crippen molar-refractivity contribution in [3.8, 4) is 11.5 Å². The van der Waals surface area contributed by atoms with Crippen LogP contribution in [0.5, 0.6) is 11.5 Å². The van der Waals surface area contributed by atoms with Crippen molar-refractivity contribution in [3.63, 3.8) is 0 Å². The number of methoxy groups -OCH3 is 1. The van der Waals surface area contributed by atoms with E-state index in [0.29, 0.717) is 12.5 Å². The van der Waals surface area contributed by atoms with E-state index in [0.717, 1.165) is 49.2 Å². The van der Waals surface area contributed by atoms with Crippen LogP contribution in [0.25, 0.3) is 0 Å². The minimum absolute atomic E-state index is 0. The third-order valence-electron chi connectivity index (χ3n) is 4.77. The fourth-order valence-electron chi connectivity index (χ4n) is 3.27. The number of piperidine rings is 1. The zero-order valence-corrected chi connectivity index (χ0v) is 18.9. The van der Waals surface area contributed by atoms with Gasteiger partial charge in [-0.05, 0) is 44.0 Å². The van der Waals surface area contributed by atoms with Crippen molar-refractivity contribution in [1.82, 2.24) is 25.4 Å². The second-order valence-electron chi connectivity index (χ2n) is 6.66. The summed E-state index contributed by atoms with van der Waals surface area (Å²) in [6, 6.07) is 7.62. The number of aromatic nitrogens is 3. The summed E-state index contributed by atoms with van der Waals surface area (Å²) < 4.78 is 11.1. The van der Waals surface area contributed by atoms with Gasteiger partial charge < -0.3 is 19.7 Å². The predicted octanol–water partition coefficient (Wildman–Crippen LogP) is 2.65. The van der Waals surface area contributed by atoms with E-state index in [1.807, 2.05) is 38.2 Å².